The summed E-state index contributed by atoms with van der Waals surface area (Å²) in [7, 11) is -3.89. The smallest absolute Gasteiger partial charge is 0.339 e. The molecule has 0 spiro atoms. The molecule has 134 valence electrons. The third-order valence-corrected chi connectivity index (χ3v) is 6.53. The van der Waals surface area contributed by atoms with Gasteiger partial charge in [0.05, 0.1) is 0 Å². The quantitative estimate of drug-likeness (QED) is 0.401. The normalized spacial score (nSPS) is 11.4. The predicted molar refractivity (Wildman–Crippen MR) is 111 cm³/mol. The van der Waals surface area contributed by atoms with Crippen molar-refractivity contribution in [3.8, 4) is 16.9 Å². The summed E-state index contributed by atoms with van der Waals surface area (Å²) in [6.07, 6.45) is 0. The Balaban J connectivity index is 1.99. The Morgan fingerprint density at radius 1 is 0.808 bits per heavy atom. The fraction of sp³-hybridized carbons (Fsp3) is 0.100. The monoisotopic (exact) mass is 494 g/mol. The van der Waals surface area contributed by atoms with Gasteiger partial charge in [-0.05, 0) is 60.9 Å². The second-order valence-electron chi connectivity index (χ2n) is 5.93. The van der Waals surface area contributed by atoms with Crippen LogP contribution in [0.5, 0.6) is 5.75 Å². The van der Waals surface area contributed by atoms with Crippen LogP contribution in [0.2, 0.25) is 0 Å². The van der Waals surface area contributed by atoms with E-state index in [1.54, 1.807) is 30.3 Å². The Labute approximate surface area is 170 Å². The molecule has 0 radical (unpaired) electrons. The lowest BCUT2D eigenvalue weighted by Crippen LogP contribution is -2.10. The van der Waals surface area contributed by atoms with Gasteiger partial charge >= 0.3 is 10.1 Å². The zero-order valence-corrected chi connectivity index (χ0v) is 18.2. The number of benzene rings is 3. The fourth-order valence-corrected chi connectivity index (χ4v) is 4.53. The second-order valence-corrected chi connectivity index (χ2v) is 9.18. The van der Waals surface area contributed by atoms with Gasteiger partial charge in [-0.25, -0.2) is 0 Å². The first-order valence-corrected chi connectivity index (χ1v) is 10.8. The molecule has 3 rings (SSSR count). The van der Waals surface area contributed by atoms with Crippen molar-refractivity contribution in [1.82, 2.24) is 0 Å². The van der Waals surface area contributed by atoms with Crippen molar-refractivity contribution in [3.63, 3.8) is 0 Å². The first-order chi connectivity index (χ1) is 12.3. The molecule has 0 aromatic heterocycles. The molecule has 0 aliphatic rings. The molecule has 0 N–H and O–H groups in total. The first kappa shape index (κ1) is 19.1. The Bertz CT molecular complexity index is 1060. The van der Waals surface area contributed by atoms with Crippen molar-refractivity contribution in [3.05, 3.63) is 80.7 Å². The highest BCUT2D eigenvalue weighted by Gasteiger charge is 2.19. The van der Waals surface area contributed by atoms with Crippen LogP contribution >= 0.6 is 31.9 Å². The van der Waals surface area contributed by atoms with Crippen LogP contribution in [-0.4, -0.2) is 8.42 Å². The molecule has 0 saturated carbocycles. The van der Waals surface area contributed by atoms with Crippen molar-refractivity contribution in [2.24, 2.45) is 0 Å². The SMILES string of the molecule is Cc1ccc(S(=O)(=O)Oc2cc(Br)c(-c3ccccc3Br)cc2C)cc1. The molecule has 3 aromatic rings. The summed E-state index contributed by atoms with van der Waals surface area (Å²) in [5.41, 5.74) is 3.68. The number of aryl methyl sites for hydroxylation is 2. The summed E-state index contributed by atoms with van der Waals surface area (Å²) >= 11 is 7.08. The van der Waals surface area contributed by atoms with Crippen molar-refractivity contribution in [2.75, 3.05) is 0 Å². The molecule has 0 amide bonds. The molecule has 0 fully saturated rings. The van der Waals surface area contributed by atoms with Crippen molar-refractivity contribution in [1.29, 1.82) is 0 Å². The number of hydrogen-bond donors (Lipinski definition) is 0. The van der Waals surface area contributed by atoms with Crippen LogP contribution in [-0.2, 0) is 10.1 Å². The summed E-state index contributed by atoms with van der Waals surface area (Å²) in [6, 6.07) is 18.0. The minimum absolute atomic E-state index is 0.133. The summed E-state index contributed by atoms with van der Waals surface area (Å²) in [6.45, 7) is 3.73. The van der Waals surface area contributed by atoms with Gasteiger partial charge < -0.3 is 4.18 Å². The van der Waals surface area contributed by atoms with Gasteiger partial charge in [-0.1, -0.05) is 67.8 Å². The zero-order valence-electron chi connectivity index (χ0n) is 14.2. The third kappa shape index (κ3) is 4.03. The summed E-state index contributed by atoms with van der Waals surface area (Å²) < 4.78 is 32.2. The van der Waals surface area contributed by atoms with Crippen molar-refractivity contribution >= 4 is 42.0 Å². The second kappa shape index (κ2) is 7.55. The van der Waals surface area contributed by atoms with Gasteiger partial charge in [0.25, 0.3) is 0 Å². The van der Waals surface area contributed by atoms with E-state index in [-0.39, 0.29) is 4.90 Å². The van der Waals surface area contributed by atoms with Gasteiger partial charge in [0.1, 0.15) is 10.6 Å². The van der Waals surface area contributed by atoms with Crippen LogP contribution in [0, 0.1) is 13.8 Å². The maximum absolute atomic E-state index is 12.5. The Hall–Kier alpha value is -1.63. The molecule has 0 aliphatic carbocycles. The van der Waals surface area contributed by atoms with Gasteiger partial charge in [0.2, 0.25) is 0 Å². The van der Waals surface area contributed by atoms with E-state index in [1.165, 1.54) is 0 Å². The average molecular weight is 496 g/mol. The van der Waals surface area contributed by atoms with Crippen molar-refractivity contribution in [2.45, 2.75) is 18.7 Å². The molecular weight excluding hydrogens is 480 g/mol. The van der Waals surface area contributed by atoms with Gasteiger partial charge in [0, 0.05) is 8.95 Å². The molecule has 0 saturated heterocycles. The van der Waals surface area contributed by atoms with E-state index in [9.17, 15) is 8.42 Å². The van der Waals surface area contributed by atoms with E-state index in [0.717, 1.165) is 31.2 Å². The van der Waals surface area contributed by atoms with Crippen LogP contribution in [0.1, 0.15) is 11.1 Å². The van der Waals surface area contributed by atoms with E-state index < -0.39 is 10.1 Å². The van der Waals surface area contributed by atoms with Gasteiger partial charge in [-0.15, -0.1) is 0 Å². The third-order valence-electron chi connectivity index (χ3n) is 3.94. The van der Waals surface area contributed by atoms with Gasteiger partial charge in [-0.3, -0.25) is 0 Å². The molecule has 0 aliphatic heterocycles. The van der Waals surface area contributed by atoms with E-state index in [2.05, 4.69) is 31.9 Å². The van der Waals surface area contributed by atoms with Crippen LogP contribution in [0.15, 0.2) is 74.5 Å². The Kier molecular flexibility index (Phi) is 5.55. The topological polar surface area (TPSA) is 43.4 Å². The molecule has 3 aromatic carbocycles. The van der Waals surface area contributed by atoms with Crippen LogP contribution in [0.25, 0.3) is 11.1 Å². The molecule has 6 heteroatoms. The minimum Gasteiger partial charge on any atom is -0.379 e. The lowest BCUT2D eigenvalue weighted by Gasteiger charge is -2.14. The van der Waals surface area contributed by atoms with E-state index in [0.29, 0.717) is 5.75 Å². The standard InChI is InChI=1S/C20H16Br2O3S/c1-13-7-9-15(10-8-13)26(23,24)25-20-12-19(22)17(11-14(20)2)16-5-3-4-6-18(16)21/h3-12H,1-2H3. The Morgan fingerprint density at radius 3 is 2.12 bits per heavy atom. The molecule has 0 bridgehead atoms. The highest BCUT2D eigenvalue weighted by Crippen LogP contribution is 2.38. The molecule has 0 atom stereocenters. The molecule has 0 unspecified atom stereocenters. The Morgan fingerprint density at radius 2 is 1.46 bits per heavy atom. The van der Waals surface area contributed by atoms with Gasteiger partial charge in [0.15, 0.2) is 0 Å². The summed E-state index contributed by atoms with van der Waals surface area (Å²) in [5.74, 6) is 0.299. The van der Waals surface area contributed by atoms with Crippen LogP contribution < -0.4 is 4.18 Å². The molecule has 3 nitrogen and oxygen atoms in total. The van der Waals surface area contributed by atoms with E-state index >= 15 is 0 Å². The number of hydrogen-bond acceptors (Lipinski definition) is 3. The zero-order chi connectivity index (χ0) is 18.9. The largest absolute Gasteiger partial charge is 0.379 e. The predicted octanol–water partition coefficient (Wildman–Crippen LogP) is 6.26. The number of rotatable bonds is 4. The van der Waals surface area contributed by atoms with E-state index in [1.807, 2.05) is 44.2 Å². The fourth-order valence-electron chi connectivity index (χ4n) is 2.51. The maximum Gasteiger partial charge on any atom is 0.339 e. The van der Waals surface area contributed by atoms with Crippen LogP contribution in [0.4, 0.5) is 0 Å². The highest BCUT2D eigenvalue weighted by molar-refractivity contribution is 9.11. The maximum atomic E-state index is 12.5. The summed E-state index contributed by atoms with van der Waals surface area (Å²) in [4.78, 5) is 0.133. The number of halogens is 2. The minimum atomic E-state index is -3.89. The average Bonchev–Trinajstić information content (AvgIpc) is 2.59. The van der Waals surface area contributed by atoms with E-state index in [4.69, 9.17) is 4.18 Å². The lowest BCUT2D eigenvalue weighted by molar-refractivity contribution is 0.484. The van der Waals surface area contributed by atoms with Crippen molar-refractivity contribution < 1.29 is 12.6 Å². The summed E-state index contributed by atoms with van der Waals surface area (Å²) in [5, 5.41) is 0. The first-order valence-electron chi connectivity index (χ1n) is 7.84. The molecule has 26 heavy (non-hydrogen) atoms. The molecular formula is C20H16Br2O3S. The molecule has 0 heterocycles. The van der Waals surface area contributed by atoms with Gasteiger partial charge in [-0.2, -0.15) is 8.42 Å². The van der Waals surface area contributed by atoms with Crippen LogP contribution in [0.3, 0.4) is 0 Å². The lowest BCUT2D eigenvalue weighted by atomic mass is 10.0. The highest BCUT2D eigenvalue weighted by atomic mass is 79.9.